The van der Waals surface area contributed by atoms with Gasteiger partial charge in [-0.2, -0.15) is 0 Å². The molecule has 1 N–H and O–H groups in total. The van der Waals surface area contributed by atoms with Gasteiger partial charge in [0, 0.05) is 19.4 Å². The van der Waals surface area contributed by atoms with Gasteiger partial charge in [0.05, 0.1) is 0 Å². The van der Waals surface area contributed by atoms with Gasteiger partial charge >= 0.3 is 0 Å². The number of rotatable bonds is 6. The molecule has 0 bridgehead atoms. The van der Waals surface area contributed by atoms with Crippen molar-refractivity contribution in [3.63, 3.8) is 0 Å². The van der Waals surface area contributed by atoms with Crippen LogP contribution in [0.2, 0.25) is 0 Å². The summed E-state index contributed by atoms with van der Waals surface area (Å²) in [6.45, 7) is 7.68. The molecule has 0 heterocycles. The Hall–Kier alpha value is -0.630. The number of hydrogen-bond acceptors (Lipinski definition) is 2. The molecule has 0 aliphatic heterocycles. The Morgan fingerprint density at radius 3 is 2.58 bits per heavy atom. The summed E-state index contributed by atoms with van der Waals surface area (Å²) < 4.78 is 0. The third kappa shape index (κ3) is 6.10. The summed E-state index contributed by atoms with van der Waals surface area (Å²) in [7, 11) is 0. The van der Waals surface area contributed by atoms with Gasteiger partial charge in [0.1, 0.15) is 5.78 Å². The van der Waals surface area contributed by atoms with Crippen LogP contribution in [0.4, 0.5) is 0 Å². The van der Waals surface area contributed by atoms with Crippen LogP contribution in [0.3, 0.4) is 0 Å². The fourth-order valence-electron chi connectivity index (χ4n) is 1.12. The van der Waals surface area contributed by atoms with E-state index in [1.54, 1.807) is 0 Å². The first-order valence-electron chi connectivity index (χ1n) is 4.33. The molecule has 1 atom stereocenters. The van der Waals surface area contributed by atoms with Gasteiger partial charge in [0.2, 0.25) is 0 Å². The first kappa shape index (κ1) is 11.4. The maximum Gasteiger partial charge on any atom is 0.137 e. The molecule has 70 valence electrons. The number of aliphatic hydroxyl groups excluding tert-OH is 1. The summed E-state index contributed by atoms with van der Waals surface area (Å²) in [6.07, 6.45) is 1.76. The van der Waals surface area contributed by atoms with Crippen LogP contribution in [0, 0.1) is 5.92 Å². The molecule has 0 saturated heterocycles. The Bertz CT molecular complexity index is 161. The van der Waals surface area contributed by atoms with Crippen LogP contribution in [-0.4, -0.2) is 17.5 Å². The predicted octanol–water partition coefficient (Wildman–Crippen LogP) is 1.93. The molecule has 0 aromatic carbocycles. The highest BCUT2D eigenvalue weighted by atomic mass is 16.3. The van der Waals surface area contributed by atoms with Crippen molar-refractivity contribution in [2.24, 2.45) is 5.92 Å². The van der Waals surface area contributed by atoms with Crippen LogP contribution < -0.4 is 0 Å². The van der Waals surface area contributed by atoms with Crippen molar-refractivity contribution in [1.29, 1.82) is 0 Å². The highest BCUT2D eigenvalue weighted by Gasteiger charge is 2.08. The van der Waals surface area contributed by atoms with Crippen molar-refractivity contribution in [1.82, 2.24) is 0 Å². The lowest BCUT2D eigenvalue weighted by Crippen LogP contribution is -2.07. The van der Waals surface area contributed by atoms with Crippen molar-refractivity contribution in [2.45, 2.75) is 33.1 Å². The van der Waals surface area contributed by atoms with E-state index in [1.807, 2.05) is 13.8 Å². The number of hydrogen-bond donors (Lipinski definition) is 1. The first-order valence-corrected chi connectivity index (χ1v) is 4.33. The van der Waals surface area contributed by atoms with Gasteiger partial charge in [0.25, 0.3) is 0 Å². The second kappa shape index (κ2) is 5.95. The van der Waals surface area contributed by atoms with Gasteiger partial charge in [-0.3, -0.25) is 4.79 Å². The van der Waals surface area contributed by atoms with Crippen LogP contribution in [0.5, 0.6) is 0 Å². The van der Waals surface area contributed by atoms with Crippen LogP contribution >= 0.6 is 0 Å². The Morgan fingerprint density at radius 1 is 1.58 bits per heavy atom. The lowest BCUT2D eigenvalue weighted by atomic mass is 9.98. The molecule has 0 amide bonds. The topological polar surface area (TPSA) is 37.3 Å². The molecule has 0 aromatic heterocycles. The van der Waals surface area contributed by atoms with Gasteiger partial charge in [-0.05, 0) is 19.3 Å². The molecule has 0 spiro atoms. The van der Waals surface area contributed by atoms with Crippen molar-refractivity contribution in [2.75, 3.05) is 6.61 Å². The smallest absolute Gasteiger partial charge is 0.137 e. The molecule has 2 nitrogen and oxygen atoms in total. The second-order valence-electron chi connectivity index (χ2n) is 3.49. The highest BCUT2D eigenvalue weighted by molar-refractivity contribution is 5.80. The minimum absolute atomic E-state index is 0.168. The molecule has 12 heavy (non-hydrogen) atoms. The summed E-state index contributed by atoms with van der Waals surface area (Å²) >= 11 is 0. The molecule has 0 radical (unpaired) electrons. The third-order valence-electron chi connectivity index (χ3n) is 1.70. The normalized spacial score (nSPS) is 12.6. The lowest BCUT2D eigenvalue weighted by Gasteiger charge is -2.07. The van der Waals surface area contributed by atoms with Crippen LogP contribution in [0.25, 0.3) is 0 Å². The van der Waals surface area contributed by atoms with E-state index >= 15 is 0 Å². The van der Waals surface area contributed by atoms with Gasteiger partial charge in [0.15, 0.2) is 0 Å². The molecule has 0 aromatic rings. The van der Waals surface area contributed by atoms with E-state index in [1.165, 1.54) is 0 Å². The number of Topliss-reactive ketones (excluding diaryl/α,β-unsaturated/α-hetero) is 1. The molecule has 0 saturated carbocycles. The maximum absolute atomic E-state index is 11.2. The molecule has 2 heteroatoms. The minimum atomic E-state index is 0.168. The monoisotopic (exact) mass is 170 g/mol. The zero-order chi connectivity index (χ0) is 9.56. The molecule has 0 fully saturated rings. The van der Waals surface area contributed by atoms with E-state index in [2.05, 4.69) is 6.58 Å². The molecule has 0 aliphatic rings. The maximum atomic E-state index is 11.2. The van der Waals surface area contributed by atoms with Crippen LogP contribution in [0.1, 0.15) is 33.1 Å². The zero-order valence-corrected chi connectivity index (χ0v) is 7.97. The molecule has 0 aliphatic carbocycles. The molecule has 0 rings (SSSR count). The number of allylic oxidation sites excluding steroid dienone is 1. The number of carbonyl (C=O) groups excluding carboxylic acids is 1. The van der Waals surface area contributed by atoms with Gasteiger partial charge in [-0.1, -0.05) is 19.1 Å². The van der Waals surface area contributed by atoms with E-state index in [4.69, 9.17) is 5.11 Å². The third-order valence-corrected chi connectivity index (χ3v) is 1.70. The Labute approximate surface area is 74.3 Å². The van der Waals surface area contributed by atoms with Crippen molar-refractivity contribution in [3.8, 4) is 0 Å². The Balaban J connectivity index is 3.61. The number of ketones is 1. The van der Waals surface area contributed by atoms with Crippen molar-refractivity contribution < 1.29 is 9.90 Å². The summed E-state index contributed by atoms with van der Waals surface area (Å²) in [5.41, 5.74) is 0.913. The summed E-state index contributed by atoms with van der Waals surface area (Å²) in [6, 6.07) is 0. The van der Waals surface area contributed by atoms with E-state index in [0.29, 0.717) is 25.2 Å². The lowest BCUT2D eigenvalue weighted by molar-refractivity contribution is -0.119. The average Bonchev–Trinajstić information content (AvgIpc) is 1.84. The van der Waals surface area contributed by atoms with Gasteiger partial charge in [-0.15, -0.1) is 0 Å². The Morgan fingerprint density at radius 2 is 2.17 bits per heavy atom. The quantitative estimate of drug-likeness (QED) is 0.618. The van der Waals surface area contributed by atoms with E-state index in [0.717, 1.165) is 5.57 Å². The number of carbonyl (C=O) groups is 1. The molecular weight excluding hydrogens is 152 g/mol. The fraction of sp³-hybridized carbons (Fsp3) is 0.700. The predicted molar refractivity (Wildman–Crippen MR) is 49.9 cm³/mol. The second-order valence-corrected chi connectivity index (χ2v) is 3.49. The summed E-state index contributed by atoms with van der Waals surface area (Å²) in [5.74, 6) is 0.519. The number of aliphatic hydroxyl groups is 1. The summed E-state index contributed by atoms with van der Waals surface area (Å²) in [4.78, 5) is 11.2. The average molecular weight is 170 g/mol. The van der Waals surface area contributed by atoms with Crippen molar-refractivity contribution in [3.05, 3.63) is 12.2 Å². The van der Waals surface area contributed by atoms with E-state index in [-0.39, 0.29) is 12.4 Å². The fourth-order valence-corrected chi connectivity index (χ4v) is 1.12. The van der Waals surface area contributed by atoms with E-state index in [9.17, 15) is 4.79 Å². The van der Waals surface area contributed by atoms with Crippen molar-refractivity contribution >= 4 is 5.78 Å². The van der Waals surface area contributed by atoms with Gasteiger partial charge in [-0.25, -0.2) is 0 Å². The Kier molecular flexibility index (Phi) is 5.64. The highest BCUT2D eigenvalue weighted by Crippen LogP contribution is 2.10. The first-order chi connectivity index (χ1) is 5.56. The zero-order valence-electron chi connectivity index (χ0n) is 7.97. The van der Waals surface area contributed by atoms with Gasteiger partial charge < -0.3 is 5.11 Å². The summed E-state index contributed by atoms with van der Waals surface area (Å²) in [5, 5.41) is 8.60. The van der Waals surface area contributed by atoms with Crippen LogP contribution in [-0.2, 0) is 4.79 Å². The molecular formula is C10H18O2. The standard InChI is InChI=1S/C10H18O2/c1-8(2)6-10(12)7-9(3)4-5-11/h9,11H,1,4-7H2,2-3H3. The van der Waals surface area contributed by atoms with E-state index < -0.39 is 0 Å². The SMILES string of the molecule is C=C(C)CC(=O)CC(C)CCO. The molecule has 1 unspecified atom stereocenters. The largest absolute Gasteiger partial charge is 0.396 e. The minimum Gasteiger partial charge on any atom is -0.396 e. The van der Waals surface area contributed by atoms with Crippen LogP contribution in [0.15, 0.2) is 12.2 Å².